The Hall–Kier alpha value is -1.61. The number of carbonyl (C=O) groups excluding carboxylic acids is 1. The van der Waals surface area contributed by atoms with Gasteiger partial charge in [-0.05, 0) is 36.1 Å². The third-order valence-electron chi connectivity index (χ3n) is 5.13. The van der Waals surface area contributed by atoms with E-state index in [0.717, 1.165) is 64.1 Å². The van der Waals surface area contributed by atoms with Crippen LogP contribution in [0.2, 0.25) is 0 Å². The van der Waals surface area contributed by atoms with E-state index in [1.54, 1.807) is 23.1 Å². The fourth-order valence-electron chi connectivity index (χ4n) is 3.54. The number of halogens is 1. The number of aromatic nitrogens is 1. The monoisotopic (exact) mass is 504 g/mol. The van der Waals surface area contributed by atoms with E-state index >= 15 is 0 Å². The van der Waals surface area contributed by atoms with Crippen molar-refractivity contribution < 1.29 is 4.79 Å². The largest absolute Gasteiger partial charge is 0.351 e. The highest BCUT2D eigenvalue weighted by molar-refractivity contribution is 9.10. The second kappa shape index (κ2) is 10.1. The summed E-state index contributed by atoms with van der Waals surface area (Å²) in [7, 11) is 0. The lowest BCUT2D eigenvalue weighted by Crippen LogP contribution is -2.48. The summed E-state index contributed by atoms with van der Waals surface area (Å²) in [6.45, 7) is 7.53. The fraction of sp³-hybridized carbons (Fsp3) is 0.364. The van der Waals surface area contributed by atoms with Crippen molar-refractivity contribution in [1.82, 2.24) is 15.2 Å². The first kappa shape index (κ1) is 21.6. The zero-order valence-corrected chi connectivity index (χ0v) is 20.2. The molecule has 1 aromatic heterocycles. The van der Waals surface area contributed by atoms with Gasteiger partial charge in [0.25, 0.3) is 5.91 Å². The molecule has 3 aromatic rings. The number of thiazole rings is 1. The molecule has 1 fully saturated rings. The van der Waals surface area contributed by atoms with Gasteiger partial charge in [0.2, 0.25) is 0 Å². The Bertz CT molecular complexity index is 1020. The van der Waals surface area contributed by atoms with Crippen LogP contribution in [0.1, 0.15) is 17.3 Å². The first-order valence-corrected chi connectivity index (χ1v) is 12.8. The minimum Gasteiger partial charge on any atom is -0.351 e. The number of nitrogens with one attached hydrogen (secondary N) is 1. The van der Waals surface area contributed by atoms with E-state index in [2.05, 4.69) is 50.1 Å². The van der Waals surface area contributed by atoms with Crippen molar-refractivity contribution in [2.24, 2.45) is 0 Å². The predicted octanol–water partition coefficient (Wildman–Crippen LogP) is 4.72. The van der Waals surface area contributed by atoms with Gasteiger partial charge in [-0.25, -0.2) is 4.98 Å². The van der Waals surface area contributed by atoms with Crippen molar-refractivity contribution in [2.75, 3.05) is 49.9 Å². The molecule has 4 rings (SSSR count). The maximum atomic E-state index is 12.6. The van der Waals surface area contributed by atoms with Crippen molar-refractivity contribution in [3.05, 3.63) is 52.5 Å². The molecule has 8 heteroatoms. The van der Waals surface area contributed by atoms with E-state index in [0.29, 0.717) is 6.54 Å². The number of nitrogens with zero attached hydrogens (tertiary/aromatic N) is 3. The van der Waals surface area contributed by atoms with Crippen LogP contribution in [0.25, 0.3) is 10.2 Å². The number of hydrogen-bond acceptors (Lipinski definition) is 6. The number of anilines is 1. The lowest BCUT2D eigenvalue weighted by Gasteiger charge is -2.34. The van der Waals surface area contributed by atoms with Gasteiger partial charge in [-0.15, -0.1) is 11.8 Å². The topological polar surface area (TPSA) is 48.5 Å². The first-order chi connectivity index (χ1) is 14.6. The Morgan fingerprint density at radius 1 is 1.20 bits per heavy atom. The quantitative estimate of drug-likeness (QED) is 0.471. The van der Waals surface area contributed by atoms with Crippen LogP contribution < -0.4 is 10.2 Å². The second-order valence-electron chi connectivity index (χ2n) is 7.12. The Kier molecular flexibility index (Phi) is 7.30. The van der Waals surface area contributed by atoms with Crippen molar-refractivity contribution in [2.45, 2.75) is 11.8 Å². The van der Waals surface area contributed by atoms with Gasteiger partial charge in [0.15, 0.2) is 5.13 Å². The van der Waals surface area contributed by atoms with Crippen molar-refractivity contribution in [3.63, 3.8) is 0 Å². The molecule has 0 aliphatic carbocycles. The summed E-state index contributed by atoms with van der Waals surface area (Å²) in [4.78, 5) is 23.2. The summed E-state index contributed by atoms with van der Waals surface area (Å²) in [5.41, 5.74) is 1.83. The molecule has 1 amide bonds. The molecule has 0 saturated carbocycles. The normalized spacial score (nSPS) is 14.9. The summed E-state index contributed by atoms with van der Waals surface area (Å²) in [5.74, 6) is 0.978. The summed E-state index contributed by atoms with van der Waals surface area (Å²) in [5, 5.41) is 4.19. The fourth-order valence-corrected chi connectivity index (χ4v) is 5.91. The maximum Gasteiger partial charge on any atom is 0.252 e. The molecule has 5 nitrogen and oxygen atoms in total. The van der Waals surface area contributed by atoms with Gasteiger partial charge >= 0.3 is 0 Å². The lowest BCUT2D eigenvalue weighted by molar-refractivity contribution is 0.0945. The molecule has 2 aromatic carbocycles. The number of carbonyl (C=O) groups is 1. The molecule has 30 heavy (non-hydrogen) atoms. The number of benzene rings is 2. The van der Waals surface area contributed by atoms with E-state index in [1.807, 2.05) is 30.3 Å². The highest BCUT2D eigenvalue weighted by atomic mass is 79.9. The van der Waals surface area contributed by atoms with Crippen LogP contribution >= 0.6 is 39.0 Å². The predicted molar refractivity (Wildman–Crippen MR) is 131 cm³/mol. The van der Waals surface area contributed by atoms with Crippen LogP contribution in [-0.4, -0.2) is 60.8 Å². The van der Waals surface area contributed by atoms with E-state index in [1.165, 1.54) is 4.70 Å². The minimum absolute atomic E-state index is 0.0193. The molecule has 0 unspecified atom stereocenters. The molecular weight excluding hydrogens is 480 g/mol. The highest BCUT2D eigenvalue weighted by Gasteiger charge is 2.20. The highest BCUT2D eigenvalue weighted by Crippen LogP contribution is 2.31. The molecule has 1 N–H and O–H groups in total. The lowest BCUT2D eigenvalue weighted by atomic mass is 10.2. The molecule has 0 radical (unpaired) electrons. The Labute approximate surface area is 194 Å². The maximum absolute atomic E-state index is 12.6. The zero-order chi connectivity index (χ0) is 20.9. The molecular formula is C22H25BrN4OS2. The van der Waals surface area contributed by atoms with Crippen LogP contribution in [0.4, 0.5) is 5.13 Å². The first-order valence-electron chi connectivity index (χ1n) is 10.2. The van der Waals surface area contributed by atoms with Gasteiger partial charge in [0.1, 0.15) is 0 Å². The SMILES string of the molecule is CCSc1ccccc1C(=O)NCCN1CCN(c2nc3ccc(Br)cc3s2)CC1. The molecule has 0 spiro atoms. The van der Waals surface area contributed by atoms with Gasteiger partial charge in [-0.2, -0.15) is 0 Å². The number of rotatable bonds is 7. The standard InChI is InChI=1S/C22H25BrN4OS2/c1-2-29-19-6-4-3-5-17(19)21(28)24-9-10-26-11-13-27(14-12-26)22-25-18-8-7-16(23)15-20(18)30-22/h3-8,15H,2,9-14H2,1H3,(H,24,28). The molecule has 158 valence electrons. The summed E-state index contributed by atoms with van der Waals surface area (Å²) in [6, 6.07) is 14.1. The number of hydrogen-bond donors (Lipinski definition) is 1. The Morgan fingerprint density at radius 3 is 2.80 bits per heavy atom. The minimum atomic E-state index is 0.0193. The van der Waals surface area contributed by atoms with E-state index in [4.69, 9.17) is 4.98 Å². The number of piperazine rings is 1. The van der Waals surface area contributed by atoms with E-state index in [9.17, 15) is 4.79 Å². The van der Waals surface area contributed by atoms with Crippen molar-refractivity contribution in [3.8, 4) is 0 Å². The molecule has 1 aliphatic heterocycles. The summed E-state index contributed by atoms with van der Waals surface area (Å²) >= 11 is 6.99. The van der Waals surface area contributed by atoms with Gasteiger partial charge in [-0.1, -0.05) is 46.3 Å². The second-order valence-corrected chi connectivity index (χ2v) is 10.4. The van der Waals surface area contributed by atoms with Gasteiger partial charge in [0, 0.05) is 48.6 Å². The Morgan fingerprint density at radius 2 is 2.00 bits per heavy atom. The van der Waals surface area contributed by atoms with Gasteiger partial charge in [0.05, 0.1) is 15.8 Å². The number of amides is 1. The van der Waals surface area contributed by atoms with Crippen LogP contribution in [0.5, 0.6) is 0 Å². The van der Waals surface area contributed by atoms with Crippen LogP contribution in [-0.2, 0) is 0 Å². The average molecular weight is 506 g/mol. The van der Waals surface area contributed by atoms with E-state index < -0.39 is 0 Å². The molecule has 1 saturated heterocycles. The smallest absolute Gasteiger partial charge is 0.252 e. The Balaban J connectivity index is 1.25. The molecule has 0 bridgehead atoms. The number of fused-ring (bicyclic) bond motifs is 1. The summed E-state index contributed by atoms with van der Waals surface area (Å²) < 4.78 is 2.30. The van der Waals surface area contributed by atoms with Gasteiger partial charge < -0.3 is 10.2 Å². The molecule has 0 atom stereocenters. The third-order valence-corrected chi connectivity index (χ3v) is 7.66. The molecule has 2 heterocycles. The van der Waals surface area contributed by atoms with Crippen molar-refractivity contribution >= 4 is 60.3 Å². The van der Waals surface area contributed by atoms with Crippen LogP contribution in [0.15, 0.2) is 51.8 Å². The van der Waals surface area contributed by atoms with Crippen molar-refractivity contribution in [1.29, 1.82) is 0 Å². The van der Waals surface area contributed by atoms with E-state index in [-0.39, 0.29) is 5.91 Å². The molecule has 1 aliphatic rings. The average Bonchev–Trinajstić information content (AvgIpc) is 3.18. The van der Waals surface area contributed by atoms with Crippen LogP contribution in [0, 0.1) is 0 Å². The number of thioether (sulfide) groups is 1. The summed E-state index contributed by atoms with van der Waals surface area (Å²) in [6.07, 6.45) is 0. The van der Waals surface area contributed by atoms with Crippen LogP contribution in [0.3, 0.4) is 0 Å². The third kappa shape index (κ3) is 5.17. The zero-order valence-electron chi connectivity index (χ0n) is 16.9. The van der Waals surface area contributed by atoms with Gasteiger partial charge in [-0.3, -0.25) is 9.69 Å².